The number of β-amino-alcohol motifs (C(OH)–C–C–N with tert-alkyl or cyclic N) is 1. The highest BCUT2D eigenvalue weighted by atomic mass is 19.1. The number of hydrogen-bond acceptors (Lipinski definition) is 4. The van der Waals surface area contributed by atoms with Crippen molar-refractivity contribution in [3.8, 4) is 11.8 Å². The third-order valence-electron chi connectivity index (χ3n) is 3.56. The van der Waals surface area contributed by atoms with Crippen molar-refractivity contribution in [2.45, 2.75) is 6.54 Å². The number of aliphatic hydroxyl groups excluding tert-OH is 2. The molecule has 0 saturated carbocycles. The highest BCUT2D eigenvalue weighted by molar-refractivity contribution is 5.37. The number of halogens is 1. The van der Waals surface area contributed by atoms with Crippen molar-refractivity contribution in [2.75, 3.05) is 45.9 Å². The van der Waals surface area contributed by atoms with Crippen LogP contribution in [0.2, 0.25) is 0 Å². The van der Waals surface area contributed by atoms with Gasteiger partial charge in [-0.05, 0) is 23.8 Å². The van der Waals surface area contributed by atoms with Crippen LogP contribution in [-0.2, 0) is 6.54 Å². The number of piperazine rings is 1. The molecule has 114 valence electrons. The minimum Gasteiger partial charge on any atom is -0.395 e. The van der Waals surface area contributed by atoms with E-state index in [1.54, 1.807) is 0 Å². The molecule has 0 unspecified atom stereocenters. The molecule has 5 heteroatoms. The average Bonchev–Trinajstić information content (AvgIpc) is 2.47. The molecule has 1 aromatic rings. The van der Waals surface area contributed by atoms with Crippen LogP contribution >= 0.6 is 0 Å². The summed E-state index contributed by atoms with van der Waals surface area (Å²) in [6, 6.07) is 4.78. The summed E-state index contributed by atoms with van der Waals surface area (Å²) in [5, 5.41) is 17.6. The minimum atomic E-state index is -0.298. The van der Waals surface area contributed by atoms with Gasteiger partial charge in [0.2, 0.25) is 0 Å². The largest absolute Gasteiger partial charge is 0.395 e. The molecular formula is C16H21FN2O2. The first-order chi connectivity index (χ1) is 10.2. The third-order valence-corrected chi connectivity index (χ3v) is 3.56. The fraction of sp³-hybridized carbons (Fsp3) is 0.500. The molecule has 4 nitrogen and oxygen atoms in total. The normalized spacial score (nSPS) is 16.5. The molecule has 1 fully saturated rings. The van der Waals surface area contributed by atoms with Gasteiger partial charge in [-0.2, -0.15) is 0 Å². The second-order valence-electron chi connectivity index (χ2n) is 5.15. The van der Waals surface area contributed by atoms with Gasteiger partial charge in [0.25, 0.3) is 0 Å². The van der Waals surface area contributed by atoms with Gasteiger partial charge in [0.15, 0.2) is 0 Å². The summed E-state index contributed by atoms with van der Waals surface area (Å²) in [6.45, 7) is 5.05. The zero-order valence-electron chi connectivity index (χ0n) is 12.1. The van der Waals surface area contributed by atoms with Gasteiger partial charge in [-0.3, -0.25) is 9.80 Å². The summed E-state index contributed by atoms with van der Waals surface area (Å²) < 4.78 is 13.6. The fourth-order valence-electron chi connectivity index (χ4n) is 2.53. The second-order valence-corrected chi connectivity index (χ2v) is 5.15. The number of nitrogens with zero attached hydrogens (tertiary/aromatic N) is 2. The smallest absolute Gasteiger partial charge is 0.124 e. The van der Waals surface area contributed by atoms with E-state index in [1.165, 1.54) is 12.1 Å². The van der Waals surface area contributed by atoms with E-state index in [4.69, 9.17) is 10.2 Å². The molecule has 0 spiro atoms. The van der Waals surface area contributed by atoms with Crippen molar-refractivity contribution in [1.82, 2.24) is 9.80 Å². The van der Waals surface area contributed by atoms with E-state index in [1.807, 2.05) is 6.07 Å². The average molecular weight is 292 g/mol. The molecule has 2 N–H and O–H groups in total. The topological polar surface area (TPSA) is 46.9 Å². The molecule has 1 aliphatic rings. The monoisotopic (exact) mass is 292 g/mol. The Morgan fingerprint density at radius 3 is 2.43 bits per heavy atom. The number of aliphatic hydroxyl groups is 2. The van der Waals surface area contributed by atoms with E-state index in [0.717, 1.165) is 31.7 Å². The quantitative estimate of drug-likeness (QED) is 0.783. The molecule has 2 rings (SSSR count). The van der Waals surface area contributed by atoms with Crippen molar-refractivity contribution in [3.63, 3.8) is 0 Å². The maximum absolute atomic E-state index is 13.6. The lowest BCUT2D eigenvalue weighted by Crippen LogP contribution is -2.46. The van der Waals surface area contributed by atoms with Crippen LogP contribution in [-0.4, -0.2) is 66.0 Å². The maximum Gasteiger partial charge on any atom is 0.124 e. The van der Waals surface area contributed by atoms with Crippen molar-refractivity contribution >= 4 is 0 Å². The Morgan fingerprint density at radius 1 is 1.05 bits per heavy atom. The van der Waals surface area contributed by atoms with E-state index in [2.05, 4.69) is 21.6 Å². The standard InChI is InChI=1S/C16H21FN2O2/c17-16-11-14(2-1-8-20)10-15(12-16)13-19-5-3-18(4-6-19)7-9-21/h10-12,20-21H,3-9,13H2. The Hall–Kier alpha value is -1.45. The first-order valence-electron chi connectivity index (χ1n) is 7.16. The highest BCUT2D eigenvalue weighted by Crippen LogP contribution is 2.12. The molecule has 0 atom stereocenters. The summed E-state index contributed by atoms with van der Waals surface area (Å²) in [5.41, 5.74) is 1.49. The molecule has 1 aromatic carbocycles. The predicted octanol–water partition coefficient (Wildman–Crippen LogP) is 0.279. The minimum absolute atomic E-state index is 0.191. The van der Waals surface area contributed by atoms with Gasteiger partial charge in [-0.15, -0.1) is 0 Å². The first-order valence-corrected chi connectivity index (χ1v) is 7.16. The van der Waals surface area contributed by atoms with Crippen molar-refractivity contribution in [2.24, 2.45) is 0 Å². The Bertz CT molecular complexity index is 517. The van der Waals surface area contributed by atoms with Crippen LogP contribution in [0.15, 0.2) is 18.2 Å². The molecular weight excluding hydrogens is 271 g/mol. The predicted molar refractivity (Wildman–Crippen MR) is 79.2 cm³/mol. The van der Waals surface area contributed by atoms with Gasteiger partial charge in [-0.25, -0.2) is 4.39 Å². The van der Waals surface area contributed by atoms with Crippen LogP contribution in [0.5, 0.6) is 0 Å². The van der Waals surface area contributed by atoms with Crippen LogP contribution < -0.4 is 0 Å². The Morgan fingerprint density at radius 2 is 1.76 bits per heavy atom. The zero-order valence-corrected chi connectivity index (χ0v) is 12.1. The molecule has 0 aromatic heterocycles. The summed E-state index contributed by atoms with van der Waals surface area (Å²) >= 11 is 0. The number of rotatable bonds is 4. The highest BCUT2D eigenvalue weighted by Gasteiger charge is 2.16. The van der Waals surface area contributed by atoms with Gasteiger partial charge < -0.3 is 10.2 Å². The Balaban J connectivity index is 1.95. The first kappa shape index (κ1) is 15.9. The van der Waals surface area contributed by atoms with Crippen LogP contribution in [0, 0.1) is 17.7 Å². The lowest BCUT2D eigenvalue weighted by molar-refractivity contribution is 0.108. The number of benzene rings is 1. The third kappa shape index (κ3) is 5.10. The Labute approximate surface area is 124 Å². The molecule has 1 aliphatic heterocycles. The van der Waals surface area contributed by atoms with E-state index >= 15 is 0 Å². The molecule has 1 saturated heterocycles. The molecule has 0 amide bonds. The van der Waals surface area contributed by atoms with E-state index in [9.17, 15) is 4.39 Å². The summed E-state index contributed by atoms with van der Waals surface area (Å²) in [5.74, 6) is 4.98. The summed E-state index contributed by atoms with van der Waals surface area (Å²) in [7, 11) is 0. The van der Waals surface area contributed by atoms with E-state index < -0.39 is 0 Å². The van der Waals surface area contributed by atoms with Gasteiger partial charge in [-0.1, -0.05) is 11.8 Å². The lowest BCUT2D eigenvalue weighted by atomic mass is 10.1. The van der Waals surface area contributed by atoms with Gasteiger partial charge in [0.1, 0.15) is 12.4 Å². The molecule has 0 aliphatic carbocycles. The maximum atomic E-state index is 13.6. The van der Waals surface area contributed by atoms with E-state index in [0.29, 0.717) is 18.7 Å². The van der Waals surface area contributed by atoms with E-state index in [-0.39, 0.29) is 19.0 Å². The van der Waals surface area contributed by atoms with Crippen LogP contribution in [0.1, 0.15) is 11.1 Å². The zero-order chi connectivity index (χ0) is 15.1. The van der Waals surface area contributed by atoms with Gasteiger partial charge in [0, 0.05) is 44.8 Å². The lowest BCUT2D eigenvalue weighted by Gasteiger charge is -2.34. The SMILES string of the molecule is OCC#Cc1cc(F)cc(CN2CCN(CCO)CC2)c1. The van der Waals surface area contributed by atoms with Crippen LogP contribution in [0.3, 0.4) is 0 Å². The molecule has 0 radical (unpaired) electrons. The molecule has 21 heavy (non-hydrogen) atoms. The van der Waals surface area contributed by atoms with Crippen LogP contribution in [0.25, 0.3) is 0 Å². The van der Waals surface area contributed by atoms with Crippen molar-refractivity contribution < 1.29 is 14.6 Å². The number of hydrogen-bond donors (Lipinski definition) is 2. The summed E-state index contributed by atoms with van der Waals surface area (Å²) in [6.07, 6.45) is 0. The van der Waals surface area contributed by atoms with Crippen molar-refractivity contribution in [3.05, 3.63) is 35.1 Å². The van der Waals surface area contributed by atoms with Crippen molar-refractivity contribution in [1.29, 1.82) is 0 Å². The molecule has 1 heterocycles. The fourth-order valence-corrected chi connectivity index (χ4v) is 2.53. The van der Waals surface area contributed by atoms with Gasteiger partial charge >= 0.3 is 0 Å². The Kier molecular flexibility index (Phi) is 6.15. The summed E-state index contributed by atoms with van der Waals surface area (Å²) in [4.78, 5) is 4.49. The molecule has 0 bridgehead atoms. The van der Waals surface area contributed by atoms with Gasteiger partial charge in [0.05, 0.1) is 6.61 Å². The van der Waals surface area contributed by atoms with Crippen LogP contribution in [0.4, 0.5) is 4.39 Å². The second kappa shape index (κ2) is 8.11.